The van der Waals surface area contributed by atoms with Crippen molar-refractivity contribution in [1.29, 1.82) is 0 Å². The lowest BCUT2D eigenvalue weighted by Gasteiger charge is -2.12. The van der Waals surface area contributed by atoms with Crippen LogP contribution in [0.5, 0.6) is 0 Å². The number of unbranched alkanes of at least 4 members (excludes halogenated alkanes) is 1. The predicted molar refractivity (Wildman–Crippen MR) is 61.0 cm³/mol. The molecule has 1 unspecified atom stereocenters. The minimum absolute atomic E-state index is 0.316. The van der Waals surface area contributed by atoms with E-state index in [2.05, 4.69) is 6.92 Å². The summed E-state index contributed by atoms with van der Waals surface area (Å²) in [5.74, 6) is 0.899. The molecular formula is C10H23NO2S. The summed E-state index contributed by atoms with van der Waals surface area (Å²) in [5.41, 5.74) is 5.61. The maximum atomic E-state index is 10.8. The van der Waals surface area contributed by atoms with Crippen LogP contribution in [0.1, 0.15) is 39.0 Å². The second-order valence-electron chi connectivity index (χ2n) is 4.02. The van der Waals surface area contributed by atoms with E-state index in [1.165, 1.54) is 6.26 Å². The molecule has 86 valence electrons. The van der Waals surface area contributed by atoms with E-state index in [1.54, 1.807) is 0 Å². The highest BCUT2D eigenvalue weighted by atomic mass is 32.2. The third-order valence-corrected chi connectivity index (χ3v) is 3.44. The van der Waals surface area contributed by atoms with Crippen molar-refractivity contribution in [2.75, 3.05) is 18.6 Å². The van der Waals surface area contributed by atoms with Crippen LogP contribution >= 0.6 is 0 Å². The van der Waals surface area contributed by atoms with Crippen molar-refractivity contribution in [1.82, 2.24) is 0 Å². The average Bonchev–Trinajstić information content (AvgIpc) is 2.08. The Morgan fingerprint density at radius 1 is 1.21 bits per heavy atom. The largest absolute Gasteiger partial charge is 0.330 e. The van der Waals surface area contributed by atoms with E-state index in [4.69, 9.17) is 5.73 Å². The SMILES string of the molecule is CCCC(CN)CCCCS(C)(=O)=O. The van der Waals surface area contributed by atoms with Crippen LogP contribution in [0.4, 0.5) is 0 Å². The molecule has 0 fully saturated rings. The minimum atomic E-state index is -2.77. The van der Waals surface area contributed by atoms with Gasteiger partial charge in [-0.05, 0) is 31.7 Å². The molecule has 0 bridgehead atoms. The summed E-state index contributed by atoms with van der Waals surface area (Å²) in [6, 6.07) is 0. The van der Waals surface area contributed by atoms with Gasteiger partial charge in [-0.2, -0.15) is 0 Å². The molecule has 0 aromatic rings. The van der Waals surface area contributed by atoms with E-state index < -0.39 is 9.84 Å². The van der Waals surface area contributed by atoms with Crippen molar-refractivity contribution < 1.29 is 8.42 Å². The van der Waals surface area contributed by atoms with Crippen LogP contribution in [-0.2, 0) is 9.84 Å². The van der Waals surface area contributed by atoms with Gasteiger partial charge in [0.15, 0.2) is 0 Å². The zero-order chi connectivity index (χ0) is 11.0. The Balaban J connectivity index is 3.52. The second kappa shape index (κ2) is 7.23. The van der Waals surface area contributed by atoms with E-state index in [0.29, 0.717) is 11.7 Å². The Morgan fingerprint density at radius 3 is 2.29 bits per heavy atom. The number of rotatable bonds is 8. The number of sulfone groups is 1. The first-order chi connectivity index (χ1) is 6.49. The lowest BCUT2D eigenvalue weighted by Crippen LogP contribution is -2.14. The first kappa shape index (κ1) is 13.9. The molecule has 0 radical (unpaired) electrons. The lowest BCUT2D eigenvalue weighted by atomic mass is 9.97. The molecule has 14 heavy (non-hydrogen) atoms. The molecule has 0 rings (SSSR count). The van der Waals surface area contributed by atoms with Crippen molar-refractivity contribution in [3.8, 4) is 0 Å². The van der Waals surface area contributed by atoms with Gasteiger partial charge in [0.05, 0.1) is 0 Å². The van der Waals surface area contributed by atoms with Crippen molar-refractivity contribution in [3.05, 3.63) is 0 Å². The third kappa shape index (κ3) is 8.51. The highest BCUT2D eigenvalue weighted by Gasteiger charge is 2.06. The van der Waals surface area contributed by atoms with Crippen LogP contribution in [0, 0.1) is 5.92 Å². The Labute approximate surface area is 88.0 Å². The molecule has 2 N–H and O–H groups in total. The maximum Gasteiger partial charge on any atom is 0.147 e. The number of nitrogens with two attached hydrogens (primary N) is 1. The summed E-state index contributed by atoms with van der Waals surface area (Å²) in [4.78, 5) is 0. The van der Waals surface area contributed by atoms with E-state index in [0.717, 1.165) is 38.6 Å². The minimum Gasteiger partial charge on any atom is -0.330 e. The fourth-order valence-corrected chi connectivity index (χ4v) is 2.31. The summed E-state index contributed by atoms with van der Waals surface area (Å²) in [7, 11) is -2.77. The molecule has 0 aliphatic carbocycles. The van der Waals surface area contributed by atoms with E-state index >= 15 is 0 Å². The van der Waals surface area contributed by atoms with Crippen LogP contribution in [0.3, 0.4) is 0 Å². The van der Waals surface area contributed by atoms with Gasteiger partial charge < -0.3 is 5.73 Å². The first-order valence-corrected chi connectivity index (χ1v) is 7.43. The van der Waals surface area contributed by atoms with Gasteiger partial charge in [-0.15, -0.1) is 0 Å². The van der Waals surface area contributed by atoms with Gasteiger partial charge in [-0.3, -0.25) is 0 Å². The summed E-state index contributed by atoms with van der Waals surface area (Å²) in [6.07, 6.45) is 6.44. The summed E-state index contributed by atoms with van der Waals surface area (Å²) in [5, 5.41) is 0. The highest BCUT2D eigenvalue weighted by molar-refractivity contribution is 7.90. The Bertz CT molecular complexity index is 224. The molecule has 0 amide bonds. The van der Waals surface area contributed by atoms with Crippen LogP contribution in [0.2, 0.25) is 0 Å². The standard InChI is InChI=1S/C10H23NO2S/c1-3-6-10(9-11)7-4-5-8-14(2,12)13/h10H,3-9,11H2,1-2H3. The molecule has 0 aliphatic rings. The van der Waals surface area contributed by atoms with Gasteiger partial charge in [0.2, 0.25) is 0 Å². The normalized spacial score (nSPS) is 14.2. The quantitative estimate of drug-likeness (QED) is 0.633. The van der Waals surface area contributed by atoms with Gasteiger partial charge >= 0.3 is 0 Å². The third-order valence-electron chi connectivity index (χ3n) is 2.41. The molecule has 4 heteroatoms. The molecule has 0 saturated carbocycles. The second-order valence-corrected chi connectivity index (χ2v) is 6.28. The zero-order valence-corrected chi connectivity index (χ0v) is 10.1. The molecule has 0 heterocycles. The lowest BCUT2D eigenvalue weighted by molar-refractivity contribution is 0.439. The van der Waals surface area contributed by atoms with Gasteiger partial charge in [0.1, 0.15) is 9.84 Å². The molecule has 0 aromatic carbocycles. The fraction of sp³-hybridized carbons (Fsp3) is 1.00. The van der Waals surface area contributed by atoms with E-state index in [-0.39, 0.29) is 0 Å². The average molecular weight is 221 g/mol. The van der Waals surface area contributed by atoms with Crippen LogP contribution < -0.4 is 5.73 Å². The molecule has 3 nitrogen and oxygen atoms in total. The molecule has 0 aliphatic heterocycles. The molecule has 0 aromatic heterocycles. The molecule has 0 saturated heterocycles. The van der Waals surface area contributed by atoms with Crippen molar-refractivity contribution in [2.45, 2.75) is 39.0 Å². The molecule has 0 spiro atoms. The highest BCUT2D eigenvalue weighted by Crippen LogP contribution is 2.13. The predicted octanol–water partition coefficient (Wildman–Crippen LogP) is 1.58. The Morgan fingerprint density at radius 2 is 1.86 bits per heavy atom. The van der Waals surface area contributed by atoms with Crippen molar-refractivity contribution in [2.24, 2.45) is 11.7 Å². The smallest absolute Gasteiger partial charge is 0.147 e. The van der Waals surface area contributed by atoms with E-state index in [1.807, 2.05) is 0 Å². The topological polar surface area (TPSA) is 60.2 Å². The Hall–Kier alpha value is -0.0900. The zero-order valence-electron chi connectivity index (χ0n) is 9.33. The van der Waals surface area contributed by atoms with Gasteiger partial charge in [-0.25, -0.2) is 8.42 Å². The molecular weight excluding hydrogens is 198 g/mol. The van der Waals surface area contributed by atoms with E-state index in [9.17, 15) is 8.42 Å². The maximum absolute atomic E-state index is 10.8. The Kier molecular flexibility index (Phi) is 7.19. The van der Waals surface area contributed by atoms with Gasteiger partial charge in [0, 0.05) is 12.0 Å². The summed E-state index contributed by atoms with van der Waals surface area (Å²) < 4.78 is 21.7. The monoisotopic (exact) mass is 221 g/mol. The summed E-state index contributed by atoms with van der Waals surface area (Å²) in [6.45, 7) is 2.88. The number of hydrogen-bond acceptors (Lipinski definition) is 3. The first-order valence-electron chi connectivity index (χ1n) is 5.37. The molecule has 1 atom stereocenters. The van der Waals surface area contributed by atoms with Crippen LogP contribution in [0.25, 0.3) is 0 Å². The van der Waals surface area contributed by atoms with Crippen LogP contribution in [-0.4, -0.2) is 27.0 Å². The van der Waals surface area contributed by atoms with Gasteiger partial charge in [0.25, 0.3) is 0 Å². The summed E-state index contributed by atoms with van der Waals surface area (Å²) >= 11 is 0. The van der Waals surface area contributed by atoms with Crippen LogP contribution in [0.15, 0.2) is 0 Å². The fourth-order valence-electron chi connectivity index (χ4n) is 1.59. The number of hydrogen-bond donors (Lipinski definition) is 1. The van der Waals surface area contributed by atoms with Gasteiger partial charge in [-0.1, -0.05) is 19.8 Å². The van der Waals surface area contributed by atoms with Crippen molar-refractivity contribution >= 4 is 9.84 Å². The van der Waals surface area contributed by atoms with Crippen molar-refractivity contribution in [3.63, 3.8) is 0 Å².